The van der Waals surface area contributed by atoms with Gasteiger partial charge in [0.25, 0.3) is 0 Å². The van der Waals surface area contributed by atoms with Crippen LogP contribution in [0.3, 0.4) is 0 Å². The normalized spacial score (nSPS) is 16.8. The van der Waals surface area contributed by atoms with Crippen molar-refractivity contribution in [1.82, 2.24) is 19.7 Å². The number of aromatic nitrogens is 4. The summed E-state index contributed by atoms with van der Waals surface area (Å²) in [5.41, 5.74) is 2.73. The Kier molecular flexibility index (Phi) is 2.89. The first-order chi connectivity index (χ1) is 9.06. The first kappa shape index (κ1) is 12.3. The SMILES string of the molecule is Cc1nn(C)c2c(NC[C@H](C)O)nc(C3CC3)nc12. The smallest absolute Gasteiger partial charge is 0.156 e. The molecule has 0 radical (unpaired) electrons. The van der Waals surface area contributed by atoms with E-state index in [1.165, 1.54) is 12.8 Å². The lowest BCUT2D eigenvalue weighted by atomic mass is 10.3. The third-order valence-corrected chi connectivity index (χ3v) is 3.38. The molecule has 19 heavy (non-hydrogen) atoms. The van der Waals surface area contributed by atoms with E-state index < -0.39 is 6.10 Å². The number of aryl methyl sites for hydroxylation is 2. The summed E-state index contributed by atoms with van der Waals surface area (Å²) < 4.78 is 1.80. The highest BCUT2D eigenvalue weighted by atomic mass is 16.3. The number of aliphatic hydroxyl groups excluding tert-OH is 1. The minimum Gasteiger partial charge on any atom is -0.392 e. The molecule has 0 aromatic carbocycles. The van der Waals surface area contributed by atoms with E-state index in [1.807, 2.05) is 14.0 Å². The molecule has 3 rings (SSSR count). The molecule has 1 saturated carbocycles. The van der Waals surface area contributed by atoms with Crippen molar-refractivity contribution < 1.29 is 5.11 Å². The fraction of sp³-hybridized carbons (Fsp3) is 0.615. The Morgan fingerprint density at radius 2 is 2.16 bits per heavy atom. The molecule has 0 saturated heterocycles. The van der Waals surface area contributed by atoms with Crippen molar-refractivity contribution in [3.8, 4) is 0 Å². The fourth-order valence-corrected chi connectivity index (χ4v) is 2.25. The average molecular weight is 261 g/mol. The Morgan fingerprint density at radius 3 is 2.79 bits per heavy atom. The Morgan fingerprint density at radius 1 is 1.42 bits per heavy atom. The molecule has 0 unspecified atom stereocenters. The molecular formula is C13H19N5O. The molecule has 1 aliphatic rings. The summed E-state index contributed by atoms with van der Waals surface area (Å²) in [6.07, 6.45) is 1.92. The van der Waals surface area contributed by atoms with Crippen molar-refractivity contribution in [3.05, 3.63) is 11.5 Å². The van der Waals surface area contributed by atoms with E-state index in [4.69, 9.17) is 0 Å². The highest BCUT2D eigenvalue weighted by Crippen LogP contribution is 2.39. The first-order valence-corrected chi connectivity index (χ1v) is 6.69. The first-order valence-electron chi connectivity index (χ1n) is 6.69. The number of aliphatic hydroxyl groups is 1. The quantitative estimate of drug-likeness (QED) is 0.868. The van der Waals surface area contributed by atoms with Crippen LogP contribution in [-0.4, -0.2) is 37.5 Å². The van der Waals surface area contributed by atoms with Gasteiger partial charge in [0.2, 0.25) is 0 Å². The van der Waals surface area contributed by atoms with Gasteiger partial charge in [0, 0.05) is 19.5 Å². The molecule has 1 atom stereocenters. The van der Waals surface area contributed by atoms with Crippen molar-refractivity contribution >= 4 is 16.9 Å². The predicted octanol–water partition coefficient (Wildman–Crippen LogP) is 1.34. The van der Waals surface area contributed by atoms with Crippen molar-refractivity contribution in [2.24, 2.45) is 7.05 Å². The van der Waals surface area contributed by atoms with E-state index in [2.05, 4.69) is 20.4 Å². The van der Waals surface area contributed by atoms with Gasteiger partial charge in [-0.2, -0.15) is 5.10 Å². The molecule has 1 aliphatic carbocycles. The van der Waals surface area contributed by atoms with Crippen LogP contribution in [0.4, 0.5) is 5.82 Å². The molecule has 0 amide bonds. The van der Waals surface area contributed by atoms with Crippen LogP contribution in [0.5, 0.6) is 0 Å². The van der Waals surface area contributed by atoms with Crippen LogP contribution in [0.2, 0.25) is 0 Å². The third-order valence-electron chi connectivity index (χ3n) is 3.38. The number of nitrogens with one attached hydrogen (secondary N) is 1. The van der Waals surface area contributed by atoms with Gasteiger partial charge in [-0.05, 0) is 26.7 Å². The van der Waals surface area contributed by atoms with Crippen molar-refractivity contribution in [2.45, 2.75) is 38.7 Å². The monoisotopic (exact) mass is 261 g/mol. The molecular weight excluding hydrogens is 242 g/mol. The molecule has 0 spiro atoms. The highest BCUT2D eigenvalue weighted by molar-refractivity contribution is 5.87. The van der Waals surface area contributed by atoms with Gasteiger partial charge in [-0.15, -0.1) is 0 Å². The van der Waals surface area contributed by atoms with Crippen LogP contribution in [0.1, 0.15) is 37.2 Å². The van der Waals surface area contributed by atoms with Gasteiger partial charge < -0.3 is 10.4 Å². The number of hydrogen-bond donors (Lipinski definition) is 2. The molecule has 2 aromatic heterocycles. The standard InChI is InChI=1S/C13H19N5O/c1-7(19)6-14-13-11-10(8(2)17-18(11)3)15-12(16-13)9-4-5-9/h7,9,19H,4-6H2,1-3H3,(H,14,15,16)/t7-/m0/s1. The minimum absolute atomic E-state index is 0.413. The maximum atomic E-state index is 9.42. The second kappa shape index (κ2) is 4.45. The van der Waals surface area contributed by atoms with E-state index in [1.54, 1.807) is 11.6 Å². The van der Waals surface area contributed by atoms with Crippen molar-refractivity contribution in [2.75, 3.05) is 11.9 Å². The predicted molar refractivity (Wildman–Crippen MR) is 73.2 cm³/mol. The lowest BCUT2D eigenvalue weighted by molar-refractivity contribution is 0.208. The Hall–Kier alpha value is -1.69. The van der Waals surface area contributed by atoms with Crippen LogP contribution >= 0.6 is 0 Å². The molecule has 2 N–H and O–H groups in total. The maximum absolute atomic E-state index is 9.42. The van der Waals surface area contributed by atoms with Gasteiger partial charge in [0.15, 0.2) is 5.82 Å². The summed E-state index contributed by atoms with van der Waals surface area (Å²) in [6.45, 7) is 4.19. The van der Waals surface area contributed by atoms with Crippen LogP contribution in [0.25, 0.3) is 11.0 Å². The third kappa shape index (κ3) is 2.28. The topological polar surface area (TPSA) is 75.9 Å². The van der Waals surface area contributed by atoms with Gasteiger partial charge in [0.1, 0.15) is 16.9 Å². The molecule has 0 aliphatic heterocycles. The van der Waals surface area contributed by atoms with Crippen LogP contribution < -0.4 is 5.32 Å². The van der Waals surface area contributed by atoms with Gasteiger partial charge in [-0.25, -0.2) is 9.97 Å². The summed E-state index contributed by atoms with van der Waals surface area (Å²) in [5.74, 6) is 2.17. The van der Waals surface area contributed by atoms with Gasteiger partial charge in [-0.3, -0.25) is 4.68 Å². The molecule has 2 heterocycles. The zero-order chi connectivity index (χ0) is 13.6. The van der Waals surface area contributed by atoms with Crippen LogP contribution in [0.15, 0.2) is 0 Å². The molecule has 2 aromatic rings. The van der Waals surface area contributed by atoms with E-state index in [9.17, 15) is 5.11 Å². The van der Waals surface area contributed by atoms with Crippen LogP contribution in [0, 0.1) is 6.92 Å². The van der Waals surface area contributed by atoms with Crippen molar-refractivity contribution in [1.29, 1.82) is 0 Å². The zero-order valence-electron chi connectivity index (χ0n) is 11.5. The number of anilines is 1. The maximum Gasteiger partial charge on any atom is 0.156 e. The summed E-state index contributed by atoms with van der Waals surface area (Å²) in [4.78, 5) is 9.26. The summed E-state index contributed by atoms with van der Waals surface area (Å²) in [6, 6.07) is 0. The highest BCUT2D eigenvalue weighted by Gasteiger charge is 2.28. The minimum atomic E-state index is -0.413. The van der Waals surface area contributed by atoms with E-state index in [-0.39, 0.29) is 0 Å². The molecule has 6 nitrogen and oxygen atoms in total. The summed E-state index contributed by atoms with van der Waals surface area (Å²) in [5, 5.41) is 17.0. The Labute approximate surface area is 111 Å². The number of rotatable bonds is 4. The lowest BCUT2D eigenvalue weighted by Gasteiger charge is -2.10. The molecule has 1 fully saturated rings. The van der Waals surface area contributed by atoms with Gasteiger partial charge in [0.05, 0.1) is 11.8 Å². The van der Waals surface area contributed by atoms with E-state index in [0.717, 1.165) is 28.4 Å². The second-order valence-corrected chi connectivity index (χ2v) is 5.34. The summed E-state index contributed by atoms with van der Waals surface area (Å²) in [7, 11) is 1.89. The zero-order valence-corrected chi connectivity index (χ0v) is 11.5. The molecule has 0 bridgehead atoms. The van der Waals surface area contributed by atoms with Crippen molar-refractivity contribution in [3.63, 3.8) is 0 Å². The van der Waals surface area contributed by atoms with Crippen LogP contribution in [-0.2, 0) is 7.05 Å². The number of fused-ring (bicyclic) bond motifs is 1. The lowest BCUT2D eigenvalue weighted by Crippen LogP contribution is -2.17. The van der Waals surface area contributed by atoms with E-state index >= 15 is 0 Å². The number of hydrogen-bond acceptors (Lipinski definition) is 5. The summed E-state index contributed by atoms with van der Waals surface area (Å²) >= 11 is 0. The fourth-order valence-electron chi connectivity index (χ4n) is 2.25. The largest absolute Gasteiger partial charge is 0.392 e. The molecule has 102 valence electrons. The Bertz CT molecular complexity index is 615. The van der Waals surface area contributed by atoms with Gasteiger partial charge in [-0.1, -0.05) is 0 Å². The number of nitrogens with zero attached hydrogens (tertiary/aromatic N) is 4. The Balaban J connectivity index is 2.10. The average Bonchev–Trinajstić information content (AvgIpc) is 3.15. The molecule has 6 heteroatoms. The van der Waals surface area contributed by atoms with Gasteiger partial charge >= 0.3 is 0 Å². The second-order valence-electron chi connectivity index (χ2n) is 5.34. The van der Waals surface area contributed by atoms with E-state index in [0.29, 0.717) is 12.5 Å².